The second-order valence-corrected chi connectivity index (χ2v) is 12.7. The SMILES string of the molecule is CCNC(=O)C(Cc1ccccc1)N(Cc1ccc(Br)cc1)C(=O)CN(c1ccccc1Cl)S(=O)(=O)c1ccccc1. The third-order valence-corrected chi connectivity index (χ3v) is 9.24. The molecule has 4 rings (SSSR count). The summed E-state index contributed by atoms with van der Waals surface area (Å²) >= 11 is 9.92. The smallest absolute Gasteiger partial charge is 0.264 e. The molecule has 0 fully saturated rings. The molecule has 0 aromatic heterocycles. The maximum absolute atomic E-state index is 14.3. The average molecular weight is 669 g/mol. The maximum atomic E-state index is 14.3. The van der Waals surface area contributed by atoms with E-state index in [1.807, 2.05) is 61.5 Å². The Balaban J connectivity index is 1.79. The van der Waals surface area contributed by atoms with Crippen LogP contribution in [0.2, 0.25) is 5.02 Å². The second-order valence-electron chi connectivity index (χ2n) is 9.52. The summed E-state index contributed by atoms with van der Waals surface area (Å²) < 4.78 is 29.8. The first-order valence-electron chi connectivity index (χ1n) is 13.4. The van der Waals surface area contributed by atoms with E-state index in [2.05, 4.69) is 21.2 Å². The normalized spacial score (nSPS) is 11.9. The van der Waals surface area contributed by atoms with Gasteiger partial charge in [-0.25, -0.2) is 8.42 Å². The lowest BCUT2D eigenvalue weighted by Gasteiger charge is -2.34. The number of benzene rings is 4. The Bertz CT molecular complexity index is 1600. The molecule has 4 aromatic carbocycles. The van der Waals surface area contributed by atoms with Crippen LogP contribution >= 0.6 is 27.5 Å². The van der Waals surface area contributed by atoms with Crippen molar-refractivity contribution in [2.24, 2.45) is 0 Å². The molecule has 0 aliphatic heterocycles. The number of hydrogen-bond donors (Lipinski definition) is 1. The van der Waals surface area contributed by atoms with Crippen molar-refractivity contribution in [3.63, 3.8) is 0 Å². The minimum atomic E-state index is -4.20. The standard InChI is InChI=1S/C32H31BrClN3O4S/c1-2-35-32(39)30(21-24-11-5-3-6-12-24)36(22-25-17-19-26(33)20-18-25)31(38)23-37(29-16-10-9-15-28(29)34)42(40,41)27-13-7-4-8-14-27/h3-20,30H,2,21-23H2,1H3,(H,35,39). The van der Waals surface area contributed by atoms with Crippen molar-refractivity contribution in [3.05, 3.63) is 130 Å². The summed E-state index contributed by atoms with van der Waals surface area (Å²) in [6.07, 6.45) is 0.243. The van der Waals surface area contributed by atoms with Crippen LogP contribution in [0.4, 0.5) is 5.69 Å². The summed E-state index contributed by atoms with van der Waals surface area (Å²) in [5.41, 5.74) is 1.81. The van der Waals surface area contributed by atoms with E-state index in [0.29, 0.717) is 6.54 Å². The van der Waals surface area contributed by atoms with Gasteiger partial charge in [0.05, 0.1) is 15.6 Å². The monoisotopic (exact) mass is 667 g/mol. The molecule has 0 bridgehead atoms. The van der Waals surface area contributed by atoms with Crippen LogP contribution in [0.1, 0.15) is 18.1 Å². The molecular formula is C32H31BrClN3O4S. The van der Waals surface area contributed by atoms with Crippen LogP contribution in [0.5, 0.6) is 0 Å². The van der Waals surface area contributed by atoms with Gasteiger partial charge in [-0.3, -0.25) is 13.9 Å². The molecule has 4 aromatic rings. The summed E-state index contributed by atoms with van der Waals surface area (Å²) in [5, 5.41) is 3.03. The zero-order valence-corrected chi connectivity index (χ0v) is 26.1. The van der Waals surface area contributed by atoms with E-state index in [0.717, 1.165) is 19.9 Å². The number of anilines is 1. The van der Waals surface area contributed by atoms with Crippen molar-refractivity contribution >= 4 is 55.1 Å². The highest BCUT2D eigenvalue weighted by Gasteiger charge is 2.35. The molecule has 0 spiro atoms. The molecule has 0 heterocycles. The molecule has 0 saturated carbocycles. The Kier molecular flexibility index (Phi) is 10.8. The molecule has 0 aliphatic rings. The number of nitrogens with zero attached hydrogens (tertiary/aromatic N) is 2. The lowest BCUT2D eigenvalue weighted by atomic mass is 10.0. The van der Waals surface area contributed by atoms with Crippen LogP contribution in [-0.4, -0.2) is 44.3 Å². The maximum Gasteiger partial charge on any atom is 0.264 e. The molecule has 0 radical (unpaired) electrons. The summed E-state index contributed by atoms with van der Waals surface area (Å²) in [7, 11) is -4.20. The van der Waals surface area contributed by atoms with Crippen LogP contribution in [0.3, 0.4) is 0 Å². The molecule has 218 valence electrons. The number of amides is 2. The van der Waals surface area contributed by atoms with E-state index in [9.17, 15) is 18.0 Å². The van der Waals surface area contributed by atoms with Gasteiger partial charge in [0.1, 0.15) is 12.6 Å². The van der Waals surface area contributed by atoms with Gasteiger partial charge in [-0.15, -0.1) is 0 Å². The lowest BCUT2D eigenvalue weighted by Crippen LogP contribution is -2.53. The minimum absolute atomic E-state index is 0.0155. The van der Waals surface area contributed by atoms with Crippen molar-refractivity contribution < 1.29 is 18.0 Å². The Morgan fingerprint density at radius 3 is 2.05 bits per heavy atom. The fourth-order valence-electron chi connectivity index (χ4n) is 4.52. The van der Waals surface area contributed by atoms with Crippen molar-refractivity contribution in [2.75, 3.05) is 17.4 Å². The summed E-state index contributed by atoms with van der Waals surface area (Å²) in [6.45, 7) is 1.70. The van der Waals surface area contributed by atoms with E-state index in [1.165, 1.54) is 17.0 Å². The Hall–Kier alpha value is -3.66. The molecule has 7 nitrogen and oxygen atoms in total. The minimum Gasteiger partial charge on any atom is -0.355 e. The van der Waals surface area contributed by atoms with Crippen LogP contribution < -0.4 is 9.62 Å². The highest BCUT2D eigenvalue weighted by molar-refractivity contribution is 9.10. The van der Waals surface area contributed by atoms with Gasteiger partial charge in [0.2, 0.25) is 11.8 Å². The Labute approximate surface area is 260 Å². The van der Waals surface area contributed by atoms with E-state index in [-0.39, 0.29) is 34.5 Å². The molecule has 1 unspecified atom stereocenters. The van der Waals surface area contributed by atoms with E-state index in [4.69, 9.17) is 11.6 Å². The van der Waals surface area contributed by atoms with Crippen molar-refractivity contribution in [3.8, 4) is 0 Å². The van der Waals surface area contributed by atoms with Gasteiger partial charge in [0.25, 0.3) is 10.0 Å². The third kappa shape index (κ3) is 7.79. The first-order chi connectivity index (χ1) is 20.2. The fourth-order valence-corrected chi connectivity index (χ4v) is 6.53. The highest BCUT2D eigenvalue weighted by atomic mass is 79.9. The first kappa shape index (κ1) is 31.3. The van der Waals surface area contributed by atoms with Crippen molar-refractivity contribution in [1.29, 1.82) is 0 Å². The summed E-state index contributed by atoms with van der Waals surface area (Å²) in [6, 6.07) is 30.3. The zero-order chi connectivity index (χ0) is 30.1. The van der Waals surface area contributed by atoms with Crippen molar-refractivity contribution in [1.82, 2.24) is 10.2 Å². The number of sulfonamides is 1. The number of halogens is 2. The summed E-state index contributed by atoms with van der Waals surface area (Å²) in [4.78, 5) is 29.3. The Morgan fingerprint density at radius 1 is 0.833 bits per heavy atom. The third-order valence-electron chi connectivity index (χ3n) is 6.62. The molecule has 0 aliphatic carbocycles. The van der Waals surface area contributed by atoms with Gasteiger partial charge >= 0.3 is 0 Å². The number of likely N-dealkylation sites (N-methyl/N-ethyl adjacent to an activating group) is 1. The second kappa shape index (κ2) is 14.5. The van der Waals surface area contributed by atoms with Gasteiger partial charge < -0.3 is 10.2 Å². The summed E-state index contributed by atoms with van der Waals surface area (Å²) in [5.74, 6) is -0.883. The van der Waals surface area contributed by atoms with Gasteiger partial charge in [0, 0.05) is 24.0 Å². The number of para-hydroxylation sites is 1. The predicted molar refractivity (Wildman–Crippen MR) is 170 cm³/mol. The number of rotatable bonds is 12. The Morgan fingerprint density at radius 2 is 1.43 bits per heavy atom. The highest BCUT2D eigenvalue weighted by Crippen LogP contribution is 2.31. The van der Waals surface area contributed by atoms with Gasteiger partial charge in [-0.1, -0.05) is 100 Å². The van der Waals surface area contributed by atoms with Crippen LogP contribution in [-0.2, 0) is 32.6 Å². The van der Waals surface area contributed by atoms with E-state index in [1.54, 1.807) is 42.5 Å². The quantitative estimate of drug-likeness (QED) is 0.199. The fraction of sp³-hybridized carbons (Fsp3) is 0.188. The van der Waals surface area contributed by atoms with Gasteiger partial charge in [0.15, 0.2) is 0 Å². The van der Waals surface area contributed by atoms with Gasteiger partial charge in [-0.2, -0.15) is 0 Å². The largest absolute Gasteiger partial charge is 0.355 e. The molecule has 0 saturated heterocycles. The zero-order valence-electron chi connectivity index (χ0n) is 23.0. The van der Waals surface area contributed by atoms with Gasteiger partial charge in [-0.05, 0) is 54.4 Å². The predicted octanol–water partition coefficient (Wildman–Crippen LogP) is 6.07. The average Bonchev–Trinajstić information content (AvgIpc) is 3.00. The topological polar surface area (TPSA) is 86.8 Å². The molecule has 1 N–H and O–H groups in total. The van der Waals surface area contributed by atoms with Crippen LogP contribution in [0.25, 0.3) is 0 Å². The van der Waals surface area contributed by atoms with Crippen LogP contribution in [0.15, 0.2) is 119 Å². The number of carbonyl (C=O) groups is 2. The van der Waals surface area contributed by atoms with Crippen LogP contribution in [0, 0.1) is 0 Å². The molecule has 2 amide bonds. The first-order valence-corrected chi connectivity index (χ1v) is 16.0. The van der Waals surface area contributed by atoms with Crippen molar-refractivity contribution in [2.45, 2.75) is 30.8 Å². The van der Waals surface area contributed by atoms with E-state index < -0.39 is 28.5 Å². The number of carbonyl (C=O) groups excluding carboxylic acids is 2. The molecule has 1 atom stereocenters. The molecular weight excluding hydrogens is 638 g/mol. The van der Waals surface area contributed by atoms with E-state index >= 15 is 0 Å². The number of nitrogens with one attached hydrogen (secondary N) is 1. The lowest BCUT2D eigenvalue weighted by molar-refractivity contribution is -0.140. The molecule has 10 heteroatoms. The number of hydrogen-bond acceptors (Lipinski definition) is 4. The molecule has 42 heavy (non-hydrogen) atoms.